The maximum atomic E-state index is 11.7. The first-order valence-electron chi connectivity index (χ1n) is 6.87. The van der Waals surface area contributed by atoms with Crippen LogP contribution in [0.5, 0.6) is 0 Å². The number of hydrazone groups is 1. The lowest BCUT2D eigenvalue weighted by Gasteiger charge is -2.04. The molecule has 2 N–H and O–H groups in total. The van der Waals surface area contributed by atoms with Gasteiger partial charge in [-0.05, 0) is 31.2 Å². The number of carbonyl (C=O) groups excluding carboxylic acids is 2. The fourth-order valence-corrected chi connectivity index (χ4v) is 1.71. The Hall–Kier alpha value is -2.89. The Bertz CT molecular complexity index is 649. The van der Waals surface area contributed by atoms with Crippen LogP contribution in [0, 0.1) is 0 Å². The third kappa shape index (κ3) is 4.90. The highest BCUT2D eigenvalue weighted by Crippen LogP contribution is 2.06. The number of para-hydroxylation sites is 1. The third-order valence-corrected chi connectivity index (χ3v) is 2.86. The molecular weight excluding hydrogens is 282 g/mol. The Morgan fingerprint density at radius 1 is 1.05 bits per heavy atom. The molecule has 0 spiro atoms. The quantitative estimate of drug-likeness (QED) is 0.635. The van der Waals surface area contributed by atoms with Gasteiger partial charge in [-0.25, -0.2) is 5.43 Å². The molecule has 114 valence electrons. The van der Waals surface area contributed by atoms with E-state index in [0.29, 0.717) is 17.2 Å². The normalized spacial score (nSPS) is 11.0. The smallest absolute Gasteiger partial charge is 0.240 e. The molecule has 0 saturated heterocycles. The number of hydrogen-bond donors (Lipinski definition) is 2. The van der Waals surface area contributed by atoms with Gasteiger partial charge in [-0.15, -0.1) is 0 Å². The van der Waals surface area contributed by atoms with Gasteiger partial charge in [-0.1, -0.05) is 18.2 Å². The van der Waals surface area contributed by atoms with Crippen LogP contribution >= 0.6 is 0 Å². The predicted octanol–water partition coefficient (Wildman–Crippen LogP) is 2.54. The summed E-state index contributed by atoms with van der Waals surface area (Å²) in [6.45, 7) is 1.72. The Morgan fingerprint density at radius 2 is 1.77 bits per heavy atom. The monoisotopic (exact) mass is 299 g/mol. The van der Waals surface area contributed by atoms with Crippen LogP contribution in [0.1, 0.15) is 25.5 Å². The highest BCUT2D eigenvalue weighted by atomic mass is 16.3. The average molecular weight is 299 g/mol. The van der Waals surface area contributed by atoms with E-state index in [1.807, 2.05) is 18.2 Å². The second kappa shape index (κ2) is 7.78. The predicted molar refractivity (Wildman–Crippen MR) is 83.4 cm³/mol. The average Bonchev–Trinajstić information content (AvgIpc) is 3.06. The van der Waals surface area contributed by atoms with E-state index >= 15 is 0 Å². The van der Waals surface area contributed by atoms with E-state index in [0.717, 1.165) is 0 Å². The summed E-state index contributed by atoms with van der Waals surface area (Å²) in [5, 5.41) is 6.63. The molecular formula is C16H17N3O3. The number of amides is 2. The maximum absolute atomic E-state index is 11.7. The van der Waals surface area contributed by atoms with Gasteiger partial charge in [0.2, 0.25) is 11.8 Å². The van der Waals surface area contributed by atoms with Crippen molar-refractivity contribution in [3.63, 3.8) is 0 Å². The van der Waals surface area contributed by atoms with Crippen LogP contribution in [0.15, 0.2) is 58.2 Å². The number of nitrogens with zero attached hydrogens (tertiary/aromatic N) is 1. The molecule has 2 aromatic rings. The van der Waals surface area contributed by atoms with Gasteiger partial charge in [0.25, 0.3) is 0 Å². The van der Waals surface area contributed by atoms with Crippen molar-refractivity contribution in [3.8, 4) is 0 Å². The van der Waals surface area contributed by atoms with Gasteiger partial charge in [0.1, 0.15) is 11.5 Å². The summed E-state index contributed by atoms with van der Waals surface area (Å²) in [6.07, 6.45) is 1.69. The molecule has 0 bridgehead atoms. The number of hydrogen-bond acceptors (Lipinski definition) is 4. The van der Waals surface area contributed by atoms with Crippen LogP contribution in [0.2, 0.25) is 0 Å². The first kappa shape index (κ1) is 15.5. The minimum atomic E-state index is -0.325. The van der Waals surface area contributed by atoms with Crippen molar-refractivity contribution in [2.24, 2.45) is 5.10 Å². The van der Waals surface area contributed by atoms with E-state index in [9.17, 15) is 9.59 Å². The topological polar surface area (TPSA) is 83.7 Å². The van der Waals surface area contributed by atoms with Crippen molar-refractivity contribution in [1.29, 1.82) is 0 Å². The molecule has 0 atom stereocenters. The number of carbonyl (C=O) groups is 2. The number of anilines is 1. The minimum Gasteiger partial charge on any atom is -0.463 e. The second-order valence-electron chi connectivity index (χ2n) is 4.62. The molecule has 6 nitrogen and oxygen atoms in total. The van der Waals surface area contributed by atoms with E-state index in [1.54, 1.807) is 31.2 Å². The number of rotatable bonds is 6. The van der Waals surface area contributed by atoms with Crippen molar-refractivity contribution >= 4 is 23.2 Å². The van der Waals surface area contributed by atoms with Crippen LogP contribution in [-0.4, -0.2) is 17.5 Å². The van der Waals surface area contributed by atoms with Crippen LogP contribution < -0.4 is 10.7 Å². The lowest BCUT2D eigenvalue weighted by Crippen LogP contribution is -2.21. The van der Waals surface area contributed by atoms with E-state index < -0.39 is 0 Å². The highest BCUT2D eigenvalue weighted by Gasteiger charge is 2.07. The molecule has 2 amide bonds. The number of furan rings is 1. The van der Waals surface area contributed by atoms with Crippen LogP contribution in [-0.2, 0) is 9.59 Å². The van der Waals surface area contributed by atoms with Crippen LogP contribution in [0.4, 0.5) is 5.69 Å². The highest BCUT2D eigenvalue weighted by molar-refractivity contribution is 5.97. The van der Waals surface area contributed by atoms with Crippen molar-refractivity contribution in [1.82, 2.24) is 5.43 Å². The molecule has 2 rings (SSSR count). The zero-order chi connectivity index (χ0) is 15.8. The largest absolute Gasteiger partial charge is 0.463 e. The van der Waals surface area contributed by atoms with Gasteiger partial charge in [0.05, 0.1) is 6.26 Å². The second-order valence-corrected chi connectivity index (χ2v) is 4.62. The van der Waals surface area contributed by atoms with Crippen LogP contribution in [0.25, 0.3) is 0 Å². The van der Waals surface area contributed by atoms with Gasteiger partial charge in [-0.2, -0.15) is 5.10 Å². The van der Waals surface area contributed by atoms with E-state index in [1.165, 1.54) is 6.26 Å². The molecule has 0 unspecified atom stereocenters. The molecule has 1 heterocycles. The third-order valence-electron chi connectivity index (χ3n) is 2.86. The van der Waals surface area contributed by atoms with Gasteiger partial charge < -0.3 is 9.73 Å². The Kier molecular flexibility index (Phi) is 5.48. The van der Waals surface area contributed by atoms with Crippen molar-refractivity contribution < 1.29 is 14.0 Å². The SMILES string of the molecule is C/C(=N/NC(=O)CCC(=O)Nc1ccccc1)c1ccco1. The number of benzene rings is 1. The molecule has 6 heteroatoms. The van der Waals surface area contributed by atoms with E-state index in [2.05, 4.69) is 15.8 Å². The summed E-state index contributed by atoms with van der Waals surface area (Å²) in [5.74, 6) is 0.0457. The van der Waals surface area contributed by atoms with Gasteiger partial charge in [0.15, 0.2) is 0 Å². The maximum Gasteiger partial charge on any atom is 0.240 e. The Labute approximate surface area is 128 Å². The summed E-state index contributed by atoms with van der Waals surface area (Å²) in [4.78, 5) is 23.3. The zero-order valence-corrected chi connectivity index (χ0v) is 12.2. The molecule has 0 aliphatic carbocycles. The first-order valence-corrected chi connectivity index (χ1v) is 6.87. The fourth-order valence-electron chi connectivity index (χ4n) is 1.71. The molecule has 0 fully saturated rings. The van der Waals surface area contributed by atoms with Gasteiger partial charge in [-0.3, -0.25) is 9.59 Å². The molecule has 1 aromatic heterocycles. The minimum absolute atomic E-state index is 0.0631. The summed E-state index contributed by atoms with van der Waals surface area (Å²) in [6, 6.07) is 12.6. The summed E-state index contributed by atoms with van der Waals surface area (Å²) in [5.41, 5.74) is 3.67. The molecule has 0 radical (unpaired) electrons. The standard InChI is InChI=1S/C16H17N3O3/c1-12(14-8-5-11-22-14)18-19-16(21)10-9-15(20)17-13-6-3-2-4-7-13/h2-8,11H,9-10H2,1H3,(H,17,20)(H,19,21)/b18-12-. The zero-order valence-electron chi connectivity index (χ0n) is 12.2. The lowest BCUT2D eigenvalue weighted by molar-refractivity contribution is -0.124. The Balaban J connectivity index is 1.73. The molecule has 0 aliphatic heterocycles. The van der Waals surface area contributed by atoms with Crippen molar-refractivity contribution in [2.45, 2.75) is 19.8 Å². The lowest BCUT2D eigenvalue weighted by atomic mass is 10.2. The Morgan fingerprint density at radius 3 is 2.45 bits per heavy atom. The van der Waals surface area contributed by atoms with Crippen LogP contribution in [0.3, 0.4) is 0 Å². The van der Waals surface area contributed by atoms with Gasteiger partial charge >= 0.3 is 0 Å². The van der Waals surface area contributed by atoms with Crippen molar-refractivity contribution in [2.75, 3.05) is 5.32 Å². The van der Waals surface area contributed by atoms with E-state index in [4.69, 9.17) is 4.42 Å². The van der Waals surface area contributed by atoms with E-state index in [-0.39, 0.29) is 24.7 Å². The van der Waals surface area contributed by atoms with Gasteiger partial charge in [0, 0.05) is 18.5 Å². The number of nitrogens with one attached hydrogen (secondary N) is 2. The molecule has 1 aromatic carbocycles. The molecule has 0 aliphatic rings. The summed E-state index contributed by atoms with van der Waals surface area (Å²) < 4.78 is 5.15. The fraction of sp³-hybridized carbons (Fsp3) is 0.188. The molecule has 0 saturated carbocycles. The molecule has 22 heavy (non-hydrogen) atoms. The summed E-state index contributed by atoms with van der Waals surface area (Å²) in [7, 11) is 0. The first-order chi connectivity index (χ1) is 10.6. The van der Waals surface area contributed by atoms with Crippen molar-refractivity contribution in [3.05, 3.63) is 54.5 Å². The summed E-state index contributed by atoms with van der Waals surface area (Å²) >= 11 is 0.